The summed E-state index contributed by atoms with van der Waals surface area (Å²) < 4.78 is 26.9. The lowest BCUT2D eigenvalue weighted by molar-refractivity contribution is 0.0413. The summed E-state index contributed by atoms with van der Waals surface area (Å²) in [7, 11) is 5.98. The third-order valence-electron chi connectivity index (χ3n) is 4.43. The van der Waals surface area contributed by atoms with Crippen molar-refractivity contribution in [3.05, 3.63) is 41.5 Å². The summed E-state index contributed by atoms with van der Waals surface area (Å²) in [4.78, 5) is 13.2. The lowest BCUT2D eigenvalue weighted by atomic mass is 9.98. The zero-order valence-corrected chi connectivity index (χ0v) is 17.5. The lowest BCUT2D eigenvalue weighted by Crippen LogP contribution is -2.27. The van der Waals surface area contributed by atoms with E-state index in [0.29, 0.717) is 41.6 Å². The van der Waals surface area contributed by atoms with E-state index >= 15 is 0 Å². The van der Waals surface area contributed by atoms with Crippen molar-refractivity contribution in [3.63, 3.8) is 0 Å². The fourth-order valence-corrected chi connectivity index (χ4v) is 2.97. The number of carbonyl (C=O) groups excluding carboxylic acids is 1. The molecule has 0 heterocycles. The van der Waals surface area contributed by atoms with Crippen LogP contribution < -0.4 is 18.9 Å². The van der Waals surface area contributed by atoms with Crippen LogP contribution in [0.1, 0.15) is 29.3 Å². The summed E-state index contributed by atoms with van der Waals surface area (Å²) in [6.07, 6.45) is 0.338. The SMILES string of the molecule is CCCOC(Cc1ccc(OC)c(O)c1)C(=O)c1cc(OC)c(OC)c(OC)c1. The standard InChI is InChI=1S/C22H28O7/c1-6-9-29-18(11-14-7-8-17(25-2)16(23)10-14)21(24)15-12-19(26-3)22(28-5)20(13-15)27-4/h7-8,10,12-13,18,23H,6,9,11H2,1-5H3. The summed E-state index contributed by atoms with van der Waals surface area (Å²) in [5.41, 5.74) is 1.14. The van der Waals surface area contributed by atoms with Crippen molar-refractivity contribution in [1.29, 1.82) is 0 Å². The molecule has 0 aliphatic carbocycles. The van der Waals surface area contributed by atoms with Crippen molar-refractivity contribution >= 4 is 5.78 Å². The predicted molar refractivity (Wildman–Crippen MR) is 109 cm³/mol. The van der Waals surface area contributed by atoms with E-state index in [1.165, 1.54) is 28.4 Å². The van der Waals surface area contributed by atoms with Gasteiger partial charge in [-0.15, -0.1) is 0 Å². The molecule has 0 spiro atoms. The first-order chi connectivity index (χ1) is 14.0. The number of carbonyl (C=O) groups is 1. The van der Waals surface area contributed by atoms with E-state index in [-0.39, 0.29) is 11.5 Å². The fourth-order valence-electron chi connectivity index (χ4n) is 2.97. The second-order valence-electron chi connectivity index (χ2n) is 6.35. The van der Waals surface area contributed by atoms with Gasteiger partial charge >= 0.3 is 0 Å². The van der Waals surface area contributed by atoms with Crippen LogP contribution in [-0.4, -0.2) is 52.0 Å². The van der Waals surface area contributed by atoms with Gasteiger partial charge in [0.2, 0.25) is 5.75 Å². The number of ether oxygens (including phenoxy) is 5. The van der Waals surface area contributed by atoms with Crippen molar-refractivity contribution in [1.82, 2.24) is 0 Å². The molecule has 7 heteroatoms. The van der Waals surface area contributed by atoms with Crippen LogP contribution in [0.15, 0.2) is 30.3 Å². The number of benzene rings is 2. The van der Waals surface area contributed by atoms with Crippen LogP contribution in [0, 0.1) is 0 Å². The molecular formula is C22H28O7. The molecule has 158 valence electrons. The number of rotatable bonds is 11. The number of hydrogen-bond donors (Lipinski definition) is 1. The summed E-state index contributed by atoms with van der Waals surface area (Å²) in [5.74, 6) is 1.37. The Bertz CT molecular complexity index is 807. The van der Waals surface area contributed by atoms with Gasteiger partial charge in [0, 0.05) is 18.6 Å². The third-order valence-corrected chi connectivity index (χ3v) is 4.43. The van der Waals surface area contributed by atoms with Gasteiger partial charge in [-0.2, -0.15) is 0 Å². The first kappa shape index (κ1) is 22.4. The van der Waals surface area contributed by atoms with E-state index in [9.17, 15) is 9.90 Å². The molecule has 7 nitrogen and oxygen atoms in total. The molecule has 0 aliphatic rings. The van der Waals surface area contributed by atoms with Crippen molar-refractivity contribution in [2.75, 3.05) is 35.0 Å². The molecule has 1 N–H and O–H groups in total. The van der Waals surface area contributed by atoms with Gasteiger partial charge in [-0.25, -0.2) is 0 Å². The molecule has 0 fully saturated rings. The Morgan fingerprint density at radius 3 is 2.03 bits per heavy atom. The smallest absolute Gasteiger partial charge is 0.203 e. The Morgan fingerprint density at radius 1 is 0.931 bits per heavy atom. The van der Waals surface area contributed by atoms with Crippen LogP contribution in [0.4, 0.5) is 0 Å². The largest absolute Gasteiger partial charge is 0.504 e. The van der Waals surface area contributed by atoms with Gasteiger partial charge in [-0.1, -0.05) is 13.0 Å². The Labute approximate surface area is 171 Å². The van der Waals surface area contributed by atoms with Gasteiger partial charge in [0.05, 0.1) is 28.4 Å². The highest BCUT2D eigenvalue weighted by molar-refractivity contribution is 6.00. The quantitative estimate of drug-likeness (QED) is 0.572. The summed E-state index contributed by atoms with van der Waals surface area (Å²) >= 11 is 0. The molecule has 1 atom stereocenters. The minimum absolute atomic E-state index is 0.0134. The van der Waals surface area contributed by atoms with E-state index in [0.717, 1.165) is 12.0 Å². The van der Waals surface area contributed by atoms with Crippen molar-refractivity contribution in [3.8, 4) is 28.7 Å². The van der Waals surface area contributed by atoms with Crippen molar-refractivity contribution in [2.45, 2.75) is 25.9 Å². The number of hydrogen-bond acceptors (Lipinski definition) is 7. The van der Waals surface area contributed by atoms with Crippen molar-refractivity contribution < 1.29 is 33.6 Å². The molecule has 1 unspecified atom stereocenters. The number of methoxy groups -OCH3 is 4. The summed E-state index contributed by atoms with van der Waals surface area (Å²) in [6, 6.07) is 8.24. The first-order valence-corrected chi connectivity index (χ1v) is 9.30. The Kier molecular flexibility index (Phi) is 8.15. The highest BCUT2D eigenvalue weighted by atomic mass is 16.5. The monoisotopic (exact) mass is 404 g/mol. The van der Waals surface area contributed by atoms with Crippen LogP contribution in [0.25, 0.3) is 0 Å². The zero-order valence-electron chi connectivity index (χ0n) is 17.5. The maximum Gasteiger partial charge on any atom is 0.203 e. The number of phenols is 1. The Hall–Kier alpha value is -2.93. The zero-order chi connectivity index (χ0) is 21.4. The first-order valence-electron chi connectivity index (χ1n) is 9.30. The molecule has 0 bridgehead atoms. The summed E-state index contributed by atoms with van der Waals surface area (Å²) in [5, 5.41) is 10.0. The maximum atomic E-state index is 13.2. The fraction of sp³-hybridized carbons (Fsp3) is 0.409. The van der Waals surface area contributed by atoms with E-state index in [1.807, 2.05) is 6.92 Å². The highest BCUT2D eigenvalue weighted by Gasteiger charge is 2.25. The van der Waals surface area contributed by atoms with Gasteiger partial charge in [-0.3, -0.25) is 4.79 Å². The van der Waals surface area contributed by atoms with E-state index in [4.69, 9.17) is 23.7 Å². The third kappa shape index (κ3) is 5.32. The van der Waals surface area contributed by atoms with E-state index in [2.05, 4.69) is 0 Å². The van der Waals surface area contributed by atoms with Crippen LogP contribution in [0.5, 0.6) is 28.7 Å². The molecule has 0 saturated carbocycles. The second kappa shape index (κ2) is 10.6. The number of aromatic hydroxyl groups is 1. The molecule has 0 saturated heterocycles. The van der Waals surface area contributed by atoms with Crippen LogP contribution in [-0.2, 0) is 11.2 Å². The molecule has 2 aromatic rings. The van der Waals surface area contributed by atoms with E-state index < -0.39 is 6.10 Å². The average molecular weight is 404 g/mol. The molecule has 0 amide bonds. The molecule has 0 radical (unpaired) electrons. The topological polar surface area (TPSA) is 83.5 Å². The van der Waals surface area contributed by atoms with Crippen LogP contribution >= 0.6 is 0 Å². The van der Waals surface area contributed by atoms with Gasteiger partial charge in [0.25, 0.3) is 0 Å². The highest BCUT2D eigenvalue weighted by Crippen LogP contribution is 2.38. The molecular weight excluding hydrogens is 376 g/mol. The Balaban J connectivity index is 2.36. The van der Waals surface area contributed by atoms with Crippen LogP contribution in [0.2, 0.25) is 0 Å². The molecule has 0 aromatic heterocycles. The molecule has 0 aliphatic heterocycles. The van der Waals surface area contributed by atoms with Crippen molar-refractivity contribution in [2.24, 2.45) is 0 Å². The maximum absolute atomic E-state index is 13.2. The normalized spacial score (nSPS) is 11.6. The minimum atomic E-state index is -0.731. The van der Waals surface area contributed by atoms with E-state index in [1.54, 1.807) is 30.3 Å². The summed E-state index contributed by atoms with van der Waals surface area (Å²) in [6.45, 7) is 2.41. The lowest BCUT2D eigenvalue weighted by Gasteiger charge is -2.19. The predicted octanol–water partition coefficient (Wildman–Crippen LogP) is 3.65. The number of phenolic OH excluding ortho intramolecular Hbond substituents is 1. The number of Topliss-reactive ketones (excluding diaryl/α,β-unsaturated/α-hetero) is 1. The van der Waals surface area contributed by atoms with Crippen LogP contribution in [0.3, 0.4) is 0 Å². The average Bonchev–Trinajstić information content (AvgIpc) is 2.74. The van der Waals surface area contributed by atoms with Gasteiger partial charge in [0.15, 0.2) is 28.8 Å². The molecule has 2 rings (SSSR count). The van der Waals surface area contributed by atoms with Gasteiger partial charge in [-0.05, 0) is 36.2 Å². The van der Waals surface area contributed by atoms with Gasteiger partial charge < -0.3 is 28.8 Å². The minimum Gasteiger partial charge on any atom is -0.504 e. The second-order valence-corrected chi connectivity index (χ2v) is 6.35. The Morgan fingerprint density at radius 2 is 1.55 bits per heavy atom. The number of ketones is 1. The van der Waals surface area contributed by atoms with Gasteiger partial charge in [0.1, 0.15) is 6.10 Å². The molecule has 2 aromatic carbocycles. The molecule has 29 heavy (non-hydrogen) atoms.